The van der Waals surface area contributed by atoms with E-state index in [2.05, 4.69) is 16.0 Å². The second-order valence-electron chi connectivity index (χ2n) is 8.69. The minimum atomic E-state index is -1.29. The highest BCUT2D eigenvalue weighted by Crippen LogP contribution is 2.39. The van der Waals surface area contributed by atoms with E-state index in [4.69, 9.17) is 16.3 Å². The number of ether oxygens (including phenoxy) is 1. The van der Waals surface area contributed by atoms with Gasteiger partial charge in [-0.1, -0.05) is 35.9 Å². The molecule has 0 spiro atoms. The molecule has 1 fully saturated rings. The van der Waals surface area contributed by atoms with Crippen molar-refractivity contribution in [3.05, 3.63) is 94.3 Å². The van der Waals surface area contributed by atoms with Gasteiger partial charge in [-0.3, -0.25) is 4.98 Å². The van der Waals surface area contributed by atoms with Gasteiger partial charge in [-0.15, -0.1) is 0 Å². The largest absolute Gasteiger partial charge is 0.508 e. The molecule has 1 saturated heterocycles. The lowest BCUT2D eigenvalue weighted by atomic mass is 9.86. The van der Waals surface area contributed by atoms with E-state index >= 15 is 4.39 Å². The Labute approximate surface area is 198 Å². The van der Waals surface area contributed by atoms with Crippen molar-refractivity contribution in [3.63, 3.8) is 0 Å². The maximum Gasteiger partial charge on any atom is 0.138 e. The molecule has 0 aliphatic carbocycles. The SMILES string of the molecule is Oc1ccc2c(c1)/C(=C\CCN1CCC(F)(c3ccc(Cl)cc3)CC1)c1cccnc1CO2. The fourth-order valence-electron chi connectivity index (χ4n) is 4.72. The number of piperidine rings is 1. The number of alkyl halides is 1. The summed E-state index contributed by atoms with van der Waals surface area (Å²) < 4.78 is 21.5. The number of aromatic hydroxyl groups is 1. The summed E-state index contributed by atoms with van der Waals surface area (Å²) in [6, 6.07) is 16.3. The van der Waals surface area contributed by atoms with Crippen LogP contribution in [0.25, 0.3) is 5.57 Å². The van der Waals surface area contributed by atoms with Crippen molar-refractivity contribution in [1.29, 1.82) is 0 Å². The Morgan fingerprint density at radius 3 is 2.67 bits per heavy atom. The first-order valence-electron chi connectivity index (χ1n) is 11.3. The van der Waals surface area contributed by atoms with Crippen LogP contribution in [-0.2, 0) is 12.3 Å². The third-order valence-electron chi connectivity index (χ3n) is 6.60. The summed E-state index contributed by atoms with van der Waals surface area (Å²) in [4.78, 5) is 6.81. The normalized spacial score (nSPS) is 18.8. The molecule has 5 rings (SSSR count). The molecule has 2 aliphatic rings. The zero-order valence-electron chi connectivity index (χ0n) is 18.3. The number of aromatic nitrogens is 1. The highest BCUT2D eigenvalue weighted by molar-refractivity contribution is 6.30. The van der Waals surface area contributed by atoms with Crippen molar-refractivity contribution in [2.75, 3.05) is 19.6 Å². The van der Waals surface area contributed by atoms with Gasteiger partial charge in [0, 0.05) is 42.0 Å². The molecule has 2 aromatic carbocycles. The summed E-state index contributed by atoms with van der Waals surface area (Å²) >= 11 is 5.96. The van der Waals surface area contributed by atoms with Crippen molar-refractivity contribution in [1.82, 2.24) is 9.88 Å². The molecule has 4 nitrogen and oxygen atoms in total. The van der Waals surface area contributed by atoms with Crippen LogP contribution in [-0.4, -0.2) is 34.6 Å². The smallest absolute Gasteiger partial charge is 0.138 e. The molecule has 0 radical (unpaired) electrons. The number of benzene rings is 2. The number of nitrogens with zero attached hydrogens (tertiary/aromatic N) is 2. The molecule has 0 amide bonds. The van der Waals surface area contributed by atoms with Gasteiger partial charge < -0.3 is 14.7 Å². The summed E-state index contributed by atoms with van der Waals surface area (Å²) in [6.07, 6.45) is 5.71. The Morgan fingerprint density at radius 2 is 1.88 bits per heavy atom. The monoisotopic (exact) mass is 464 g/mol. The topological polar surface area (TPSA) is 45.6 Å². The van der Waals surface area contributed by atoms with E-state index in [9.17, 15) is 5.11 Å². The van der Waals surface area contributed by atoms with Crippen LogP contribution >= 0.6 is 11.6 Å². The molecule has 0 unspecified atom stereocenters. The van der Waals surface area contributed by atoms with E-state index in [0.717, 1.165) is 41.1 Å². The first-order chi connectivity index (χ1) is 16.0. The van der Waals surface area contributed by atoms with Crippen molar-refractivity contribution in [2.45, 2.75) is 31.5 Å². The number of phenolic OH excluding ortho intramolecular Hbond substituents is 1. The van der Waals surface area contributed by atoms with Crippen LogP contribution in [0.5, 0.6) is 11.5 Å². The van der Waals surface area contributed by atoms with E-state index in [1.54, 1.807) is 48.7 Å². The second-order valence-corrected chi connectivity index (χ2v) is 9.12. The van der Waals surface area contributed by atoms with Gasteiger partial charge in [0.1, 0.15) is 23.8 Å². The number of fused-ring (bicyclic) bond motifs is 2. The highest BCUT2D eigenvalue weighted by Gasteiger charge is 2.36. The van der Waals surface area contributed by atoms with Crippen molar-refractivity contribution < 1.29 is 14.2 Å². The van der Waals surface area contributed by atoms with Crippen LogP contribution in [0.3, 0.4) is 0 Å². The molecule has 1 aromatic heterocycles. The number of rotatable bonds is 4. The fraction of sp³-hybridized carbons (Fsp3) is 0.296. The number of phenols is 1. The van der Waals surface area contributed by atoms with Crippen LogP contribution < -0.4 is 4.74 Å². The standard InChI is InChI=1S/C27H26ClFN2O2/c28-20-7-5-19(6-8-20)27(29)11-15-31(16-12-27)14-2-4-22-23-3-1-13-30-25(23)18-33-26-10-9-21(32)17-24(22)26/h1,3-10,13,17,32H,2,11-12,14-16,18H2/b22-4-. The van der Waals surface area contributed by atoms with Gasteiger partial charge in [0.25, 0.3) is 0 Å². The second kappa shape index (κ2) is 9.16. The number of halogens is 2. The lowest BCUT2D eigenvalue weighted by molar-refractivity contribution is 0.0568. The average Bonchev–Trinajstić information content (AvgIpc) is 2.98. The molecule has 0 atom stereocenters. The van der Waals surface area contributed by atoms with E-state index in [1.807, 2.05) is 12.1 Å². The number of pyridine rings is 1. The van der Waals surface area contributed by atoms with Crippen molar-refractivity contribution >= 4 is 17.2 Å². The molecule has 2 aliphatic heterocycles. The van der Waals surface area contributed by atoms with Gasteiger partial charge in [-0.2, -0.15) is 0 Å². The van der Waals surface area contributed by atoms with Crippen LogP contribution in [0.4, 0.5) is 4.39 Å². The molecule has 0 saturated carbocycles. The lowest BCUT2D eigenvalue weighted by Crippen LogP contribution is -2.40. The van der Waals surface area contributed by atoms with E-state index in [-0.39, 0.29) is 5.75 Å². The molecular weight excluding hydrogens is 439 g/mol. The van der Waals surface area contributed by atoms with Crippen molar-refractivity contribution in [2.24, 2.45) is 0 Å². The average molecular weight is 465 g/mol. The Morgan fingerprint density at radius 1 is 1.09 bits per heavy atom. The Kier molecular flexibility index (Phi) is 6.09. The van der Waals surface area contributed by atoms with Gasteiger partial charge in [0.05, 0.1) is 5.69 Å². The first-order valence-corrected chi connectivity index (χ1v) is 11.7. The number of hydrogen-bond acceptors (Lipinski definition) is 4. The van der Waals surface area contributed by atoms with Crippen LogP contribution in [0, 0.1) is 0 Å². The summed E-state index contributed by atoms with van der Waals surface area (Å²) in [6.45, 7) is 2.65. The fourth-order valence-corrected chi connectivity index (χ4v) is 4.85. The quantitative estimate of drug-likeness (QED) is 0.505. The summed E-state index contributed by atoms with van der Waals surface area (Å²) in [5.41, 5.74) is 3.20. The van der Waals surface area contributed by atoms with E-state index in [0.29, 0.717) is 43.1 Å². The predicted octanol–water partition coefficient (Wildman–Crippen LogP) is 6.12. The molecule has 6 heteroatoms. The van der Waals surface area contributed by atoms with Gasteiger partial charge in [0.15, 0.2) is 0 Å². The van der Waals surface area contributed by atoms with Gasteiger partial charge in [-0.25, -0.2) is 4.39 Å². The van der Waals surface area contributed by atoms with E-state index in [1.165, 1.54) is 0 Å². The predicted molar refractivity (Wildman–Crippen MR) is 128 cm³/mol. The number of hydrogen-bond donors (Lipinski definition) is 1. The molecule has 3 heterocycles. The number of likely N-dealkylation sites (tertiary alicyclic amines) is 1. The molecular formula is C27H26ClFN2O2. The van der Waals surface area contributed by atoms with Gasteiger partial charge in [-0.05, 0) is 66.8 Å². The summed E-state index contributed by atoms with van der Waals surface area (Å²) in [7, 11) is 0. The maximum atomic E-state index is 15.5. The first kappa shape index (κ1) is 21.9. The van der Waals surface area contributed by atoms with Crippen LogP contribution in [0.15, 0.2) is 66.9 Å². The summed E-state index contributed by atoms with van der Waals surface area (Å²) in [5.74, 6) is 0.938. The van der Waals surface area contributed by atoms with Crippen LogP contribution in [0.1, 0.15) is 41.6 Å². The molecule has 170 valence electrons. The minimum absolute atomic E-state index is 0.202. The van der Waals surface area contributed by atoms with Gasteiger partial charge >= 0.3 is 0 Å². The van der Waals surface area contributed by atoms with Crippen molar-refractivity contribution in [3.8, 4) is 11.5 Å². The Bertz CT molecular complexity index is 1170. The summed E-state index contributed by atoms with van der Waals surface area (Å²) in [5, 5.41) is 10.7. The highest BCUT2D eigenvalue weighted by atomic mass is 35.5. The maximum absolute atomic E-state index is 15.5. The molecule has 33 heavy (non-hydrogen) atoms. The molecule has 0 bridgehead atoms. The molecule has 1 N–H and O–H groups in total. The lowest BCUT2D eigenvalue weighted by Gasteiger charge is -2.36. The zero-order valence-corrected chi connectivity index (χ0v) is 19.1. The van der Waals surface area contributed by atoms with Gasteiger partial charge in [0.2, 0.25) is 0 Å². The van der Waals surface area contributed by atoms with E-state index < -0.39 is 5.67 Å². The molecule has 3 aromatic rings. The zero-order chi connectivity index (χ0) is 22.8. The Balaban J connectivity index is 1.30. The Hall–Kier alpha value is -2.89. The minimum Gasteiger partial charge on any atom is -0.508 e. The third kappa shape index (κ3) is 4.61. The third-order valence-corrected chi connectivity index (χ3v) is 6.85. The van der Waals surface area contributed by atoms with Crippen LogP contribution in [0.2, 0.25) is 5.02 Å².